The number of unbranched alkanes of at least 4 members (excludes halogenated alkanes) is 3. The van der Waals surface area contributed by atoms with Gasteiger partial charge in [-0.3, -0.25) is 4.90 Å². The van der Waals surface area contributed by atoms with Crippen molar-refractivity contribution in [2.24, 2.45) is 0 Å². The van der Waals surface area contributed by atoms with Crippen molar-refractivity contribution in [2.45, 2.75) is 52.4 Å². The molecule has 17 heavy (non-hydrogen) atoms. The Bertz CT molecular complexity index is 211. The lowest BCUT2D eigenvalue weighted by atomic mass is 10.1. The number of nitrogens with one attached hydrogen (secondary N) is 1. The predicted molar refractivity (Wildman–Crippen MR) is 76.4 cm³/mol. The van der Waals surface area contributed by atoms with Crippen LogP contribution in [-0.4, -0.2) is 37.6 Å². The van der Waals surface area contributed by atoms with Crippen molar-refractivity contribution in [3.05, 3.63) is 11.6 Å². The summed E-state index contributed by atoms with van der Waals surface area (Å²) >= 11 is 0. The molecule has 1 heterocycles. The third kappa shape index (κ3) is 7.56. The van der Waals surface area contributed by atoms with E-state index in [0.717, 1.165) is 0 Å². The molecule has 0 spiro atoms. The summed E-state index contributed by atoms with van der Waals surface area (Å²) in [5, 5.41) is 3.46. The fourth-order valence-electron chi connectivity index (χ4n) is 2.42. The maximum atomic E-state index is 3.46. The Hall–Kier alpha value is -0.340. The number of hydrogen-bond donors (Lipinski definition) is 1. The monoisotopic (exact) mass is 238 g/mol. The van der Waals surface area contributed by atoms with Crippen LogP contribution in [0.25, 0.3) is 0 Å². The molecule has 0 bridgehead atoms. The van der Waals surface area contributed by atoms with Crippen LogP contribution in [0.3, 0.4) is 0 Å². The second-order valence-electron chi connectivity index (χ2n) is 5.28. The van der Waals surface area contributed by atoms with E-state index in [9.17, 15) is 0 Å². The normalized spacial score (nSPS) is 17.2. The van der Waals surface area contributed by atoms with E-state index >= 15 is 0 Å². The van der Waals surface area contributed by atoms with Gasteiger partial charge in [0, 0.05) is 13.1 Å². The molecule has 0 aromatic heterocycles. The summed E-state index contributed by atoms with van der Waals surface area (Å²) in [5.74, 6) is 0. The topological polar surface area (TPSA) is 15.3 Å². The van der Waals surface area contributed by atoms with Crippen LogP contribution in [0.15, 0.2) is 11.6 Å². The minimum absolute atomic E-state index is 1.18. The van der Waals surface area contributed by atoms with Gasteiger partial charge in [0.15, 0.2) is 0 Å². The lowest BCUT2D eigenvalue weighted by Gasteiger charge is -2.25. The molecule has 0 unspecified atom stereocenters. The highest BCUT2D eigenvalue weighted by molar-refractivity contribution is 5.04. The molecule has 2 heteroatoms. The first kappa shape index (κ1) is 14.7. The van der Waals surface area contributed by atoms with E-state index in [4.69, 9.17) is 0 Å². The van der Waals surface area contributed by atoms with E-state index in [2.05, 4.69) is 30.1 Å². The smallest absolute Gasteiger partial charge is 0.0190 e. The van der Waals surface area contributed by atoms with Gasteiger partial charge in [0.25, 0.3) is 0 Å². The van der Waals surface area contributed by atoms with Gasteiger partial charge >= 0.3 is 0 Å². The van der Waals surface area contributed by atoms with Gasteiger partial charge in [-0.2, -0.15) is 0 Å². The summed E-state index contributed by atoms with van der Waals surface area (Å²) in [6.45, 7) is 10.6. The van der Waals surface area contributed by atoms with Crippen molar-refractivity contribution in [1.29, 1.82) is 0 Å². The average molecular weight is 238 g/mol. The highest BCUT2D eigenvalue weighted by Crippen LogP contribution is 2.10. The minimum atomic E-state index is 1.18. The molecule has 0 aromatic carbocycles. The maximum absolute atomic E-state index is 3.46. The second kappa shape index (κ2) is 9.67. The van der Waals surface area contributed by atoms with Crippen LogP contribution < -0.4 is 5.32 Å². The van der Waals surface area contributed by atoms with E-state index < -0.39 is 0 Å². The first-order chi connectivity index (χ1) is 8.33. The fourth-order valence-corrected chi connectivity index (χ4v) is 2.42. The molecule has 0 atom stereocenters. The summed E-state index contributed by atoms with van der Waals surface area (Å²) in [6.07, 6.45) is 10.4. The van der Waals surface area contributed by atoms with E-state index in [0.29, 0.717) is 0 Å². The molecule has 0 radical (unpaired) electrons. The zero-order chi connectivity index (χ0) is 12.3. The SMILES string of the molecule is CCCNCCCCCCN1CCC=C(C)C1. The zero-order valence-electron chi connectivity index (χ0n) is 11.8. The van der Waals surface area contributed by atoms with Gasteiger partial charge in [-0.15, -0.1) is 0 Å². The van der Waals surface area contributed by atoms with E-state index in [-0.39, 0.29) is 0 Å². The molecule has 0 saturated carbocycles. The first-order valence-electron chi connectivity index (χ1n) is 7.41. The van der Waals surface area contributed by atoms with Gasteiger partial charge in [0.2, 0.25) is 0 Å². The third-order valence-corrected chi connectivity index (χ3v) is 3.42. The van der Waals surface area contributed by atoms with Crippen molar-refractivity contribution < 1.29 is 0 Å². The van der Waals surface area contributed by atoms with E-state index in [1.807, 2.05) is 0 Å². The number of rotatable bonds is 9. The molecule has 0 saturated heterocycles. The quantitative estimate of drug-likeness (QED) is 0.490. The highest BCUT2D eigenvalue weighted by Gasteiger charge is 2.08. The van der Waals surface area contributed by atoms with Crippen LogP contribution in [0.1, 0.15) is 52.4 Å². The van der Waals surface area contributed by atoms with Gasteiger partial charge in [-0.1, -0.05) is 31.4 Å². The van der Waals surface area contributed by atoms with Crippen molar-refractivity contribution in [3.8, 4) is 0 Å². The Morgan fingerprint density at radius 3 is 2.76 bits per heavy atom. The third-order valence-electron chi connectivity index (χ3n) is 3.42. The molecule has 0 aromatic rings. The maximum Gasteiger partial charge on any atom is 0.0190 e. The summed E-state index contributed by atoms with van der Waals surface area (Å²) in [7, 11) is 0. The zero-order valence-corrected chi connectivity index (χ0v) is 11.8. The summed E-state index contributed by atoms with van der Waals surface area (Å²) in [4.78, 5) is 2.60. The number of hydrogen-bond acceptors (Lipinski definition) is 2. The van der Waals surface area contributed by atoms with Gasteiger partial charge in [0.1, 0.15) is 0 Å². The van der Waals surface area contributed by atoms with Crippen LogP contribution in [-0.2, 0) is 0 Å². The highest BCUT2D eigenvalue weighted by atomic mass is 15.1. The first-order valence-corrected chi connectivity index (χ1v) is 7.41. The van der Waals surface area contributed by atoms with Crippen molar-refractivity contribution in [1.82, 2.24) is 10.2 Å². The lowest BCUT2D eigenvalue weighted by Crippen LogP contribution is -2.30. The van der Waals surface area contributed by atoms with Crippen LogP contribution >= 0.6 is 0 Å². The molecule has 0 fully saturated rings. The van der Waals surface area contributed by atoms with Gasteiger partial charge in [-0.25, -0.2) is 0 Å². The molecule has 100 valence electrons. The van der Waals surface area contributed by atoms with Crippen molar-refractivity contribution >= 4 is 0 Å². The van der Waals surface area contributed by atoms with Crippen LogP contribution in [0.2, 0.25) is 0 Å². The Balaban J connectivity index is 1.86. The van der Waals surface area contributed by atoms with Crippen molar-refractivity contribution in [2.75, 3.05) is 32.7 Å². The number of nitrogens with zero attached hydrogens (tertiary/aromatic N) is 1. The van der Waals surface area contributed by atoms with Crippen molar-refractivity contribution in [3.63, 3.8) is 0 Å². The molecule has 1 rings (SSSR count). The second-order valence-corrected chi connectivity index (χ2v) is 5.28. The summed E-state index contributed by atoms with van der Waals surface area (Å²) < 4.78 is 0. The van der Waals surface area contributed by atoms with Crippen LogP contribution in [0, 0.1) is 0 Å². The molecule has 2 nitrogen and oxygen atoms in total. The molecule has 1 N–H and O–H groups in total. The Morgan fingerprint density at radius 1 is 1.18 bits per heavy atom. The summed E-state index contributed by atoms with van der Waals surface area (Å²) in [5.41, 5.74) is 1.56. The van der Waals surface area contributed by atoms with Crippen LogP contribution in [0.5, 0.6) is 0 Å². The molecular weight excluding hydrogens is 208 g/mol. The molecular formula is C15H30N2. The van der Waals surface area contributed by atoms with Crippen LogP contribution in [0.4, 0.5) is 0 Å². The molecule has 0 aliphatic carbocycles. The lowest BCUT2D eigenvalue weighted by molar-refractivity contribution is 0.282. The largest absolute Gasteiger partial charge is 0.317 e. The molecule has 0 amide bonds. The summed E-state index contributed by atoms with van der Waals surface area (Å²) in [6, 6.07) is 0. The fraction of sp³-hybridized carbons (Fsp3) is 0.867. The Kier molecular flexibility index (Phi) is 8.37. The van der Waals surface area contributed by atoms with Gasteiger partial charge < -0.3 is 5.32 Å². The van der Waals surface area contributed by atoms with Gasteiger partial charge in [0.05, 0.1) is 0 Å². The van der Waals surface area contributed by atoms with E-state index in [1.165, 1.54) is 71.2 Å². The standard InChI is InChI=1S/C15H30N2/c1-3-10-16-11-6-4-5-7-12-17-13-8-9-15(2)14-17/h9,16H,3-8,10-14H2,1-2H3. The van der Waals surface area contributed by atoms with E-state index in [1.54, 1.807) is 5.57 Å². The van der Waals surface area contributed by atoms with Gasteiger partial charge in [-0.05, 0) is 52.2 Å². The molecule has 1 aliphatic rings. The molecule has 1 aliphatic heterocycles. The Morgan fingerprint density at radius 2 is 2.00 bits per heavy atom. The minimum Gasteiger partial charge on any atom is -0.317 e. The Labute approximate surface area is 107 Å². The average Bonchev–Trinajstić information content (AvgIpc) is 2.33. The predicted octanol–water partition coefficient (Wildman–Crippen LogP) is 3.20.